The Morgan fingerprint density at radius 1 is 1.19 bits per heavy atom. The maximum absolute atomic E-state index is 12.4. The van der Waals surface area contributed by atoms with Gasteiger partial charge in [0.15, 0.2) is 5.78 Å². The molecule has 1 atom stereocenters. The fourth-order valence-electron chi connectivity index (χ4n) is 2.71. The first kappa shape index (κ1) is 13.8. The lowest BCUT2D eigenvalue weighted by Gasteiger charge is -2.25. The first-order valence-corrected chi connectivity index (χ1v) is 7.14. The largest absolute Gasteiger partial charge is 0.497 e. The third kappa shape index (κ3) is 2.98. The van der Waals surface area contributed by atoms with E-state index in [1.807, 2.05) is 24.3 Å². The molecule has 108 valence electrons. The van der Waals surface area contributed by atoms with E-state index in [9.17, 15) is 4.79 Å². The fraction of sp³-hybridized carbons (Fsp3) is 0.278. The summed E-state index contributed by atoms with van der Waals surface area (Å²) in [6, 6.07) is 15.4. The normalized spacial score (nSPS) is 17.1. The molecule has 2 aromatic rings. The molecular weight excluding hydrogens is 264 g/mol. The summed E-state index contributed by atoms with van der Waals surface area (Å²) in [5.41, 5.74) is 3.13. The van der Waals surface area contributed by atoms with Gasteiger partial charge in [-0.3, -0.25) is 4.79 Å². The van der Waals surface area contributed by atoms with E-state index in [0.29, 0.717) is 18.6 Å². The molecule has 0 radical (unpaired) electrons. The Morgan fingerprint density at radius 3 is 2.71 bits per heavy atom. The van der Waals surface area contributed by atoms with Crippen LogP contribution in [0.5, 0.6) is 5.75 Å². The maximum Gasteiger partial charge on any atom is 0.165 e. The second-order valence-electron chi connectivity index (χ2n) is 5.16. The molecule has 3 rings (SSSR count). The molecule has 1 aliphatic heterocycles. The highest BCUT2D eigenvalue weighted by atomic mass is 16.5. The summed E-state index contributed by atoms with van der Waals surface area (Å²) < 4.78 is 10.9. The molecule has 0 amide bonds. The zero-order chi connectivity index (χ0) is 14.7. The van der Waals surface area contributed by atoms with Crippen LogP contribution < -0.4 is 4.74 Å². The van der Waals surface area contributed by atoms with E-state index in [1.54, 1.807) is 19.2 Å². The Morgan fingerprint density at radius 2 is 1.95 bits per heavy atom. The number of rotatable bonds is 4. The zero-order valence-corrected chi connectivity index (χ0v) is 12.0. The van der Waals surface area contributed by atoms with Crippen LogP contribution in [0, 0.1) is 0 Å². The molecule has 0 spiro atoms. The summed E-state index contributed by atoms with van der Waals surface area (Å²) in [7, 11) is 1.61. The van der Waals surface area contributed by atoms with Gasteiger partial charge in [0.05, 0.1) is 19.8 Å². The number of fused-ring (bicyclic) bond motifs is 1. The lowest BCUT2D eigenvalue weighted by Crippen LogP contribution is -2.19. The minimum Gasteiger partial charge on any atom is -0.497 e. The van der Waals surface area contributed by atoms with Crippen LogP contribution in [0.4, 0.5) is 0 Å². The number of ketones is 1. The topological polar surface area (TPSA) is 35.5 Å². The second-order valence-corrected chi connectivity index (χ2v) is 5.16. The summed E-state index contributed by atoms with van der Waals surface area (Å²) in [5.74, 6) is 0.852. The minimum absolute atomic E-state index is 0.0966. The van der Waals surface area contributed by atoms with Gasteiger partial charge in [-0.25, -0.2) is 0 Å². The molecule has 3 heteroatoms. The summed E-state index contributed by atoms with van der Waals surface area (Å²) in [6.45, 7) is 0.678. The summed E-state index contributed by atoms with van der Waals surface area (Å²) >= 11 is 0. The van der Waals surface area contributed by atoms with Crippen molar-refractivity contribution in [2.24, 2.45) is 0 Å². The number of Topliss-reactive ketones (excluding diaryl/α,β-unsaturated/α-hetero) is 1. The van der Waals surface area contributed by atoms with Crippen LogP contribution in [0.15, 0.2) is 48.5 Å². The first-order valence-electron chi connectivity index (χ1n) is 7.14. The molecule has 0 unspecified atom stereocenters. The third-order valence-electron chi connectivity index (χ3n) is 3.88. The molecule has 0 aliphatic carbocycles. The summed E-state index contributed by atoms with van der Waals surface area (Å²) in [5, 5.41) is 0. The highest BCUT2D eigenvalue weighted by Crippen LogP contribution is 2.30. The van der Waals surface area contributed by atoms with Crippen LogP contribution in [0.1, 0.15) is 34.0 Å². The number of carbonyl (C=O) groups excluding carboxylic acids is 1. The number of hydrogen-bond donors (Lipinski definition) is 0. The SMILES string of the molecule is COc1ccc(C(=O)C[C@H]2OCCc3ccccc32)cc1. The van der Waals surface area contributed by atoms with Crippen molar-refractivity contribution in [2.45, 2.75) is 18.9 Å². The Kier molecular flexibility index (Phi) is 4.02. The fourth-order valence-corrected chi connectivity index (χ4v) is 2.71. The Balaban J connectivity index is 1.76. The van der Waals surface area contributed by atoms with E-state index >= 15 is 0 Å². The Bertz CT molecular complexity index is 631. The van der Waals surface area contributed by atoms with Crippen molar-refractivity contribution in [1.29, 1.82) is 0 Å². The van der Waals surface area contributed by atoms with E-state index in [-0.39, 0.29) is 11.9 Å². The number of benzene rings is 2. The van der Waals surface area contributed by atoms with Crippen LogP contribution >= 0.6 is 0 Å². The molecule has 0 aromatic heterocycles. The van der Waals surface area contributed by atoms with Gasteiger partial charge in [-0.15, -0.1) is 0 Å². The van der Waals surface area contributed by atoms with Gasteiger partial charge in [-0.2, -0.15) is 0 Å². The van der Waals surface area contributed by atoms with Gasteiger partial charge < -0.3 is 9.47 Å². The molecule has 0 bridgehead atoms. The van der Waals surface area contributed by atoms with Gasteiger partial charge in [0.25, 0.3) is 0 Å². The summed E-state index contributed by atoms with van der Waals surface area (Å²) in [4.78, 5) is 12.4. The quantitative estimate of drug-likeness (QED) is 0.804. The van der Waals surface area contributed by atoms with E-state index in [4.69, 9.17) is 9.47 Å². The van der Waals surface area contributed by atoms with E-state index in [2.05, 4.69) is 12.1 Å². The predicted molar refractivity (Wildman–Crippen MR) is 80.8 cm³/mol. The van der Waals surface area contributed by atoms with Crippen LogP contribution in [0.3, 0.4) is 0 Å². The first-order chi connectivity index (χ1) is 10.3. The van der Waals surface area contributed by atoms with Crippen molar-refractivity contribution in [3.63, 3.8) is 0 Å². The van der Waals surface area contributed by atoms with Gasteiger partial charge in [0.1, 0.15) is 5.75 Å². The van der Waals surface area contributed by atoms with Gasteiger partial charge in [0.2, 0.25) is 0 Å². The molecule has 21 heavy (non-hydrogen) atoms. The van der Waals surface area contributed by atoms with Gasteiger partial charge >= 0.3 is 0 Å². The Hall–Kier alpha value is -2.13. The molecular formula is C18H18O3. The lowest BCUT2D eigenvalue weighted by molar-refractivity contribution is 0.0352. The smallest absolute Gasteiger partial charge is 0.165 e. The van der Waals surface area contributed by atoms with Crippen LogP contribution in [-0.2, 0) is 11.2 Å². The number of carbonyl (C=O) groups is 1. The third-order valence-corrected chi connectivity index (χ3v) is 3.88. The lowest BCUT2D eigenvalue weighted by atomic mass is 9.93. The molecule has 2 aromatic carbocycles. The average Bonchev–Trinajstić information content (AvgIpc) is 2.55. The minimum atomic E-state index is -0.135. The number of ether oxygens (including phenoxy) is 2. The molecule has 1 heterocycles. The van der Waals surface area contributed by atoms with Crippen molar-refractivity contribution in [1.82, 2.24) is 0 Å². The highest BCUT2D eigenvalue weighted by molar-refractivity contribution is 5.96. The van der Waals surface area contributed by atoms with Crippen LogP contribution in [-0.4, -0.2) is 19.5 Å². The number of hydrogen-bond acceptors (Lipinski definition) is 3. The van der Waals surface area contributed by atoms with Crippen LogP contribution in [0.2, 0.25) is 0 Å². The molecule has 0 saturated carbocycles. The number of methoxy groups -OCH3 is 1. The Labute approximate surface area is 124 Å². The summed E-state index contributed by atoms with van der Waals surface area (Å²) in [6.07, 6.45) is 1.16. The second kappa shape index (κ2) is 6.10. The molecule has 0 N–H and O–H groups in total. The molecule has 0 fully saturated rings. The van der Waals surface area contributed by atoms with Crippen LogP contribution in [0.25, 0.3) is 0 Å². The van der Waals surface area contributed by atoms with E-state index in [1.165, 1.54) is 5.56 Å². The van der Waals surface area contributed by atoms with E-state index < -0.39 is 0 Å². The van der Waals surface area contributed by atoms with Crippen molar-refractivity contribution < 1.29 is 14.3 Å². The van der Waals surface area contributed by atoms with Crippen molar-refractivity contribution in [3.8, 4) is 5.75 Å². The molecule has 3 nitrogen and oxygen atoms in total. The molecule has 0 saturated heterocycles. The highest BCUT2D eigenvalue weighted by Gasteiger charge is 2.23. The van der Waals surface area contributed by atoms with Gasteiger partial charge in [-0.05, 0) is 41.8 Å². The standard InChI is InChI=1S/C18H18O3/c1-20-15-8-6-14(7-9-15)17(19)12-18-16-5-3-2-4-13(16)10-11-21-18/h2-9,18H,10-12H2,1H3/t18-/m1/s1. The van der Waals surface area contributed by atoms with Crippen molar-refractivity contribution >= 4 is 5.78 Å². The predicted octanol–water partition coefficient (Wildman–Crippen LogP) is 3.58. The molecule has 1 aliphatic rings. The monoisotopic (exact) mass is 282 g/mol. The van der Waals surface area contributed by atoms with Gasteiger partial charge in [0, 0.05) is 12.0 Å². The van der Waals surface area contributed by atoms with Crippen molar-refractivity contribution in [2.75, 3.05) is 13.7 Å². The zero-order valence-electron chi connectivity index (χ0n) is 12.0. The maximum atomic E-state index is 12.4. The average molecular weight is 282 g/mol. The van der Waals surface area contributed by atoms with E-state index in [0.717, 1.165) is 17.7 Å². The van der Waals surface area contributed by atoms with Crippen molar-refractivity contribution in [3.05, 3.63) is 65.2 Å². The van der Waals surface area contributed by atoms with Gasteiger partial charge in [-0.1, -0.05) is 24.3 Å².